The SMILES string of the molecule is Cc1cc(Br)cc(C)c1NC(=S)N[C@@H](C)c1ccc(Cl)cc1. The van der Waals surface area contributed by atoms with Crippen LogP contribution < -0.4 is 10.6 Å². The van der Waals surface area contributed by atoms with E-state index in [1.165, 1.54) is 0 Å². The van der Waals surface area contributed by atoms with Crippen LogP contribution in [-0.4, -0.2) is 5.11 Å². The van der Waals surface area contributed by atoms with Gasteiger partial charge in [-0.05, 0) is 73.9 Å². The molecule has 22 heavy (non-hydrogen) atoms. The molecule has 5 heteroatoms. The molecule has 0 radical (unpaired) electrons. The van der Waals surface area contributed by atoms with Crippen LogP contribution in [0.5, 0.6) is 0 Å². The van der Waals surface area contributed by atoms with Crippen molar-refractivity contribution in [1.82, 2.24) is 5.32 Å². The zero-order valence-corrected chi connectivity index (χ0v) is 15.9. The molecule has 0 saturated heterocycles. The van der Waals surface area contributed by atoms with E-state index in [4.69, 9.17) is 23.8 Å². The Morgan fingerprint density at radius 3 is 2.23 bits per heavy atom. The Morgan fingerprint density at radius 1 is 1.14 bits per heavy atom. The Balaban J connectivity index is 2.05. The summed E-state index contributed by atoms with van der Waals surface area (Å²) < 4.78 is 1.07. The quantitative estimate of drug-likeness (QED) is 0.643. The normalized spacial score (nSPS) is 11.9. The van der Waals surface area contributed by atoms with Crippen molar-refractivity contribution in [2.45, 2.75) is 26.8 Å². The number of nitrogens with one attached hydrogen (secondary N) is 2. The maximum absolute atomic E-state index is 5.91. The molecule has 2 aromatic carbocycles. The summed E-state index contributed by atoms with van der Waals surface area (Å²) in [5.41, 5.74) is 4.48. The van der Waals surface area contributed by atoms with Crippen LogP contribution in [0.4, 0.5) is 5.69 Å². The van der Waals surface area contributed by atoms with Gasteiger partial charge in [0.25, 0.3) is 0 Å². The Kier molecular flexibility index (Phi) is 5.84. The molecule has 116 valence electrons. The number of thiocarbonyl (C=S) groups is 1. The summed E-state index contributed by atoms with van der Waals surface area (Å²) in [4.78, 5) is 0. The third kappa shape index (κ3) is 4.45. The van der Waals surface area contributed by atoms with Crippen LogP contribution in [0.3, 0.4) is 0 Å². The van der Waals surface area contributed by atoms with Crippen LogP contribution in [0.25, 0.3) is 0 Å². The maximum atomic E-state index is 5.91. The lowest BCUT2D eigenvalue weighted by Gasteiger charge is -2.19. The first kappa shape index (κ1) is 17.3. The Hall–Kier alpha value is -1.10. The van der Waals surface area contributed by atoms with Crippen molar-refractivity contribution < 1.29 is 0 Å². The molecule has 0 aliphatic rings. The van der Waals surface area contributed by atoms with Crippen LogP contribution in [0, 0.1) is 13.8 Å². The summed E-state index contributed by atoms with van der Waals surface area (Å²) in [6.45, 7) is 6.19. The van der Waals surface area contributed by atoms with Crippen molar-refractivity contribution >= 4 is 50.5 Å². The van der Waals surface area contributed by atoms with Crippen LogP contribution in [0.2, 0.25) is 5.02 Å². The van der Waals surface area contributed by atoms with E-state index in [0.29, 0.717) is 5.11 Å². The fraction of sp³-hybridized carbons (Fsp3) is 0.235. The van der Waals surface area contributed by atoms with E-state index in [1.54, 1.807) is 0 Å². The van der Waals surface area contributed by atoms with Gasteiger partial charge in [-0.25, -0.2) is 0 Å². The molecule has 0 unspecified atom stereocenters. The van der Waals surface area contributed by atoms with Gasteiger partial charge in [-0.3, -0.25) is 0 Å². The Labute approximate surface area is 150 Å². The average molecular weight is 398 g/mol. The highest BCUT2D eigenvalue weighted by Crippen LogP contribution is 2.25. The predicted molar refractivity (Wildman–Crippen MR) is 103 cm³/mol. The fourth-order valence-electron chi connectivity index (χ4n) is 2.29. The van der Waals surface area contributed by atoms with Crippen LogP contribution in [0.1, 0.15) is 29.7 Å². The average Bonchev–Trinajstić information content (AvgIpc) is 2.43. The highest BCUT2D eigenvalue weighted by Gasteiger charge is 2.10. The lowest BCUT2D eigenvalue weighted by molar-refractivity contribution is 0.722. The minimum atomic E-state index is 0.105. The second-order valence-corrected chi connectivity index (χ2v) is 7.05. The predicted octanol–water partition coefficient (Wildman–Crippen LogP) is 5.77. The molecule has 0 aliphatic heterocycles. The second kappa shape index (κ2) is 7.44. The largest absolute Gasteiger partial charge is 0.356 e. The lowest BCUT2D eigenvalue weighted by atomic mass is 10.1. The molecule has 2 nitrogen and oxygen atoms in total. The van der Waals surface area contributed by atoms with E-state index in [2.05, 4.69) is 59.5 Å². The third-order valence-corrected chi connectivity index (χ3v) is 4.38. The first-order chi connectivity index (χ1) is 10.4. The molecule has 0 heterocycles. The number of anilines is 1. The van der Waals surface area contributed by atoms with Crippen molar-refractivity contribution in [3.63, 3.8) is 0 Å². The highest BCUT2D eigenvalue weighted by molar-refractivity contribution is 9.10. The topological polar surface area (TPSA) is 24.1 Å². The van der Waals surface area contributed by atoms with E-state index >= 15 is 0 Å². The molecule has 2 rings (SSSR count). The molecule has 0 saturated carbocycles. The van der Waals surface area contributed by atoms with Crippen molar-refractivity contribution in [1.29, 1.82) is 0 Å². The van der Waals surface area contributed by atoms with Gasteiger partial charge in [0.15, 0.2) is 5.11 Å². The molecule has 0 spiro atoms. The monoisotopic (exact) mass is 396 g/mol. The van der Waals surface area contributed by atoms with Gasteiger partial charge in [0.1, 0.15) is 0 Å². The maximum Gasteiger partial charge on any atom is 0.171 e. The van der Waals surface area contributed by atoms with E-state index in [-0.39, 0.29) is 6.04 Å². The molecule has 0 amide bonds. The van der Waals surface area contributed by atoms with Crippen molar-refractivity contribution in [2.75, 3.05) is 5.32 Å². The summed E-state index contributed by atoms with van der Waals surface area (Å²) in [6.07, 6.45) is 0. The molecule has 1 atom stereocenters. The number of benzene rings is 2. The summed E-state index contributed by atoms with van der Waals surface area (Å²) in [7, 11) is 0. The van der Waals surface area contributed by atoms with Crippen LogP contribution >= 0.6 is 39.7 Å². The summed E-state index contributed by atoms with van der Waals surface area (Å²) in [5.74, 6) is 0. The van der Waals surface area contributed by atoms with Gasteiger partial charge in [-0.15, -0.1) is 0 Å². The first-order valence-electron chi connectivity index (χ1n) is 6.96. The molecule has 0 bridgehead atoms. The fourth-order valence-corrected chi connectivity index (χ4v) is 3.38. The van der Waals surface area contributed by atoms with E-state index in [1.807, 2.05) is 24.3 Å². The van der Waals surface area contributed by atoms with E-state index in [0.717, 1.165) is 31.9 Å². The molecule has 2 aromatic rings. The second-order valence-electron chi connectivity index (χ2n) is 5.29. The number of hydrogen-bond donors (Lipinski definition) is 2. The molecular formula is C17H18BrClN2S. The first-order valence-corrected chi connectivity index (χ1v) is 8.54. The van der Waals surface area contributed by atoms with Gasteiger partial charge >= 0.3 is 0 Å². The van der Waals surface area contributed by atoms with Crippen LogP contribution in [0.15, 0.2) is 40.9 Å². The van der Waals surface area contributed by atoms with Crippen molar-refractivity contribution in [3.05, 3.63) is 62.6 Å². The highest BCUT2D eigenvalue weighted by atomic mass is 79.9. The number of halogens is 2. The summed E-state index contributed by atoms with van der Waals surface area (Å²) >= 11 is 14.8. The third-order valence-electron chi connectivity index (χ3n) is 3.45. The molecular weight excluding hydrogens is 380 g/mol. The summed E-state index contributed by atoms with van der Waals surface area (Å²) in [6, 6.07) is 12.0. The molecule has 0 aliphatic carbocycles. The molecule has 2 N–H and O–H groups in total. The van der Waals surface area contributed by atoms with Gasteiger partial charge < -0.3 is 10.6 Å². The number of hydrogen-bond acceptors (Lipinski definition) is 1. The number of aryl methyl sites for hydroxylation is 2. The van der Waals surface area contributed by atoms with Crippen molar-refractivity contribution in [3.8, 4) is 0 Å². The minimum Gasteiger partial charge on any atom is -0.356 e. The molecule has 0 fully saturated rings. The smallest absolute Gasteiger partial charge is 0.171 e. The lowest BCUT2D eigenvalue weighted by Crippen LogP contribution is -2.31. The number of rotatable bonds is 3. The van der Waals surface area contributed by atoms with Crippen molar-refractivity contribution in [2.24, 2.45) is 0 Å². The van der Waals surface area contributed by atoms with E-state index in [9.17, 15) is 0 Å². The Morgan fingerprint density at radius 2 is 1.68 bits per heavy atom. The zero-order valence-electron chi connectivity index (χ0n) is 12.7. The van der Waals surface area contributed by atoms with Crippen LogP contribution in [-0.2, 0) is 0 Å². The van der Waals surface area contributed by atoms with Gasteiger partial charge in [-0.1, -0.05) is 39.7 Å². The minimum absolute atomic E-state index is 0.105. The standard InChI is InChI=1S/C17H18BrClN2S/c1-10-8-14(18)9-11(2)16(10)21-17(22)20-12(3)13-4-6-15(19)7-5-13/h4-9,12H,1-3H3,(H2,20,21,22)/t12-/m0/s1. The Bertz CT molecular complexity index is 663. The van der Waals surface area contributed by atoms with Gasteiger partial charge in [-0.2, -0.15) is 0 Å². The van der Waals surface area contributed by atoms with E-state index < -0.39 is 0 Å². The zero-order chi connectivity index (χ0) is 16.3. The van der Waals surface area contributed by atoms with Gasteiger partial charge in [0.05, 0.1) is 6.04 Å². The van der Waals surface area contributed by atoms with Gasteiger partial charge in [0, 0.05) is 15.2 Å². The summed E-state index contributed by atoms with van der Waals surface area (Å²) in [5, 5.41) is 7.93. The molecule has 0 aromatic heterocycles. The van der Waals surface area contributed by atoms with Gasteiger partial charge in [0.2, 0.25) is 0 Å².